The SMILES string of the molecule is CCCC(=O)Cl.Cl. The Morgan fingerprint density at radius 3 is 2.14 bits per heavy atom. The zero-order valence-electron chi connectivity index (χ0n) is 4.11. The standard InChI is InChI=1S/C4H7ClO.ClH/c1-2-3-4(5)6;/h2-3H2,1H3;1H. The van der Waals surface area contributed by atoms with Crippen LogP contribution < -0.4 is 0 Å². The molecule has 0 amide bonds. The summed E-state index contributed by atoms with van der Waals surface area (Å²) in [6.07, 6.45) is 1.35. The lowest BCUT2D eigenvalue weighted by Crippen LogP contribution is -1.79. The second-order valence-electron chi connectivity index (χ2n) is 1.11. The summed E-state index contributed by atoms with van der Waals surface area (Å²) in [5.41, 5.74) is 0. The van der Waals surface area contributed by atoms with Gasteiger partial charge in [-0.2, -0.15) is 0 Å². The summed E-state index contributed by atoms with van der Waals surface area (Å²) in [4.78, 5) is 9.81. The molecular weight excluding hydrogens is 135 g/mol. The molecule has 0 bridgehead atoms. The van der Waals surface area contributed by atoms with Crippen molar-refractivity contribution in [1.29, 1.82) is 0 Å². The highest BCUT2D eigenvalue weighted by Crippen LogP contribution is 1.90. The fraction of sp³-hybridized carbons (Fsp3) is 0.750. The highest BCUT2D eigenvalue weighted by Gasteiger charge is 1.87. The van der Waals surface area contributed by atoms with Crippen molar-refractivity contribution in [2.24, 2.45) is 0 Å². The zero-order chi connectivity index (χ0) is 4.99. The maximum Gasteiger partial charge on any atom is 0.221 e. The monoisotopic (exact) mass is 142 g/mol. The van der Waals surface area contributed by atoms with Gasteiger partial charge in [-0.05, 0) is 18.0 Å². The lowest BCUT2D eigenvalue weighted by molar-refractivity contribution is -0.111. The van der Waals surface area contributed by atoms with Crippen molar-refractivity contribution in [1.82, 2.24) is 0 Å². The van der Waals surface area contributed by atoms with E-state index in [4.69, 9.17) is 11.6 Å². The third-order valence-corrected chi connectivity index (χ3v) is 0.636. The second kappa shape index (κ2) is 6.25. The van der Waals surface area contributed by atoms with E-state index < -0.39 is 0 Å². The van der Waals surface area contributed by atoms with E-state index in [1.54, 1.807) is 0 Å². The Morgan fingerprint density at radius 1 is 1.71 bits per heavy atom. The van der Waals surface area contributed by atoms with Crippen molar-refractivity contribution >= 4 is 29.3 Å². The predicted octanol–water partition coefficient (Wildman–Crippen LogP) is 1.97. The minimum atomic E-state index is -0.238. The molecule has 0 heterocycles. The number of carbonyl (C=O) groups excluding carboxylic acids is 1. The molecule has 0 radical (unpaired) electrons. The Bertz CT molecular complexity index is 53.7. The van der Waals surface area contributed by atoms with Crippen LogP contribution in [-0.4, -0.2) is 5.24 Å². The summed E-state index contributed by atoms with van der Waals surface area (Å²) >= 11 is 4.94. The average Bonchev–Trinajstić information content (AvgIpc) is 1.35. The van der Waals surface area contributed by atoms with Crippen molar-refractivity contribution in [2.45, 2.75) is 19.8 Å². The van der Waals surface area contributed by atoms with Crippen LogP contribution in [0, 0.1) is 0 Å². The lowest BCUT2D eigenvalue weighted by Gasteiger charge is -1.77. The van der Waals surface area contributed by atoms with Crippen molar-refractivity contribution in [3.8, 4) is 0 Å². The average molecular weight is 143 g/mol. The molecule has 0 aromatic carbocycles. The van der Waals surface area contributed by atoms with Crippen LogP contribution in [0.4, 0.5) is 0 Å². The summed E-state index contributed by atoms with van der Waals surface area (Å²) in [6, 6.07) is 0. The first-order chi connectivity index (χ1) is 2.77. The van der Waals surface area contributed by atoms with Gasteiger partial charge < -0.3 is 0 Å². The molecule has 0 saturated carbocycles. The van der Waals surface area contributed by atoms with Crippen LogP contribution in [-0.2, 0) is 4.79 Å². The number of carbonyl (C=O) groups is 1. The third-order valence-electron chi connectivity index (χ3n) is 0.447. The van der Waals surface area contributed by atoms with E-state index in [0.29, 0.717) is 6.42 Å². The first-order valence-corrected chi connectivity index (χ1v) is 2.33. The third kappa shape index (κ3) is 10.7. The Morgan fingerprint density at radius 2 is 2.14 bits per heavy atom. The Balaban J connectivity index is 0. The van der Waals surface area contributed by atoms with E-state index in [9.17, 15) is 4.79 Å². The minimum absolute atomic E-state index is 0. The highest BCUT2D eigenvalue weighted by atomic mass is 35.5. The van der Waals surface area contributed by atoms with E-state index in [0.717, 1.165) is 6.42 Å². The van der Waals surface area contributed by atoms with Gasteiger partial charge in [-0.1, -0.05) is 6.92 Å². The molecule has 0 saturated heterocycles. The fourth-order valence-corrected chi connectivity index (χ4v) is 0.386. The summed E-state index contributed by atoms with van der Waals surface area (Å²) in [7, 11) is 0. The van der Waals surface area contributed by atoms with E-state index >= 15 is 0 Å². The van der Waals surface area contributed by atoms with Crippen LogP contribution in [0.25, 0.3) is 0 Å². The van der Waals surface area contributed by atoms with Gasteiger partial charge >= 0.3 is 0 Å². The van der Waals surface area contributed by atoms with Gasteiger partial charge in [0.25, 0.3) is 0 Å². The molecule has 1 nitrogen and oxygen atoms in total. The smallest absolute Gasteiger partial charge is 0.221 e. The molecule has 0 N–H and O–H groups in total. The summed E-state index contributed by atoms with van der Waals surface area (Å²) in [5, 5.41) is -0.238. The van der Waals surface area contributed by atoms with Gasteiger partial charge in [0, 0.05) is 6.42 Å². The number of hydrogen-bond acceptors (Lipinski definition) is 1. The number of hydrogen-bond donors (Lipinski definition) is 0. The topological polar surface area (TPSA) is 17.1 Å². The molecule has 44 valence electrons. The van der Waals surface area contributed by atoms with Gasteiger partial charge in [0.1, 0.15) is 0 Å². The first-order valence-electron chi connectivity index (χ1n) is 1.95. The van der Waals surface area contributed by atoms with Crippen molar-refractivity contribution < 1.29 is 4.79 Å². The van der Waals surface area contributed by atoms with Crippen LogP contribution in [0.1, 0.15) is 19.8 Å². The molecule has 0 fully saturated rings. The van der Waals surface area contributed by atoms with Crippen LogP contribution >= 0.6 is 24.0 Å². The largest absolute Gasteiger partial charge is 0.281 e. The molecule has 7 heavy (non-hydrogen) atoms. The maximum absolute atomic E-state index is 9.81. The molecule has 0 spiro atoms. The molecule has 0 aliphatic heterocycles. The van der Waals surface area contributed by atoms with Gasteiger partial charge in [-0.25, -0.2) is 0 Å². The quantitative estimate of drug-likeness (QED) is 0.540. The molecule has 0 aromatic rings. The number of halogens is 2. The van der Waals surface area contributed by atoms with Gasteiger partial charge in [0.05, 0.1) is 0 Å². The van der Waals surface area contributed by atoms with Gasteiger partial charge in [-0.3, -0.25) is 4.79 Å². The van der Waals surface area contributed by atoms with Crippen LogP contribution in [0.15, 0.2) is 0 Å². The van der Waals surface area contributed by atoms with E-state index in [2.05, 4.69) is 0 Å². The number of rotatable bonds is 2. The van der Waals surface area contributed by atoms with Crippen LogP contribution in [0.5, 0.6) is 0 Å². The summed E-state index contributed by atoms with van der Waals surface area (Å²) < 4.78 is 0. The van der Waals surface area contributed by atoms with Gasteiger partial charge in [0.15, 0.2) is 0 Å². The lowest BCUT2D eigenvalue weighted by atomic mass is 10.4. The van der Waals surface area contributed by atoms with Crippen molar-refractivity contribution in [3.63, 3.8) is 0 Å². The molecule has 0 aliphatic carbocycles. The molecule has 0 aliphatic rings. The van der Waals surface area contributed by atoms with Gasteiger partial charge in [-0.15, -0.1) is 12.4 Å². The van der Waals surface area contributed by atoms with Gasteiger partial charge in [0.2, 0.25) is 5.24 Å². The molecule has 0 atom stereocenters. The van der Waals surface area contributed by atoms with Crippen LogP contribution in [0.2, 0.25) is 0 Å². The van der Waals surface area contributed by atoms with E-state index in [1.807, 2.05) is 6.92 Å². The van der Waals surface area contributed by atoms with E-state index in [-0.39, 0.29) is 17.6 Å². The Kier molecular flexibility index (Phi) is 9.17. The molecule has 3 heteroatoms. The minimum Gasteiger partial charge on any atom is -0.281 e. The molecule has 0 rings (SSSR count). The summed E-state index contributed by atoms with van der Waals surface area (Å²) in [5.74, 6) is 0. The maximum atomic E-state index is 9.81. The molecular formula is C4H8Cl2O. The van der Waals surface area contributed by atoms with Crippen LogP contribution in [0.3, 0.4) is 0 Å². The van der Waals surface area contributed by atoms with Crippen molar-refractivity contribution in [3.05, 3.63) is 0 Å². The summed E-state index contributed by atoms with van der Waals surface area (Å²) in [6.45, 7) is 1.92. The Hall–Kier alpha value is 0.250. The molecule has 0 unspecified atom stereocenters. The first kappa shape index (κ1) is 10.3. The van der Waals surface area contributed by atoms with Crippen molar-refractivity contribution in [2.75, 3.05) is 0 Å². The normalized spacial score (nSPS) is 7.14. The second-order valence-corrected chi connectivity index (χ2v) is 1.53. The Labute approximate surface area is 54.5 Å². The predicted molar refractivity (Wildman–Crippen MR) is 33.0 cm³/mol. The fourth-order valence-electron chi connectivity index (χ4n) is 0.197. The zero-order valence-corrected chi connectivity index (χ0v) is 5.68. The van der Waals surface area contributed by atoms with E-state index in [1.165, 1.54) is 0 Å². The highest BCUT2D eigenvalue weighted by molar-refractivity contribution is 6.63. The molecule has 0 aromatic heterocycles.